The maximum Gasteiger partial charge on any atom is 0.251 e. The number of Topliss-reactive ketones (excluding diaryl/α,β-unsaturated/α-hetero) is 1. The van der Waals surface area contributed by atoms with E-state index in [0.29, 0.717) is 5.57 Å². The lowest BCUT2D eigenvalue weighted by atomic mass is 9.81. The summed E-state index contributed by atoms with van der Waals surface area (Å²) in [5.41, 5.74) is 3.72. The van der Waals surface area contributed by atoms with E-state index >= 15 is 0 Å². The SMILES string of the molecule is Cc1ccc2c(c1)C(=O)C1C=CC(C(=O)NC(C)(C)c3ccccc3)=CC1N2. The molecular weight excluding hydrogens is 348 g/mol. The first-order chi connectivity index (χ1) is 13.3. The zero-order chi connectivity index (χ0) is 19.9. The molecule has 0 saturated carbocycles. The number of fused-ring (bicyclic) bond motifs is 2. The molecule has 2 aliphatic rings. The van der Waals surface area contributed by atoms with E-state index in [9.17, 15) is 9.59 Å². The second-order valence-corrected chi connectivity index (χ2v) is 8.04. The van der Waals surface area contributed by atoms with Gasteiger partial charge in [0.25, 0.3) is 5.91 Å². The molecule has 142 valence electrons. The molecule has 0 bridgehead atoms. The fraction of sp³-hybridized carbons (Fsp3) is 0.250. The molecule has 2 aromatic rings. The molecule has 28 heavy (non-hydrogen) atoms. The summed E-state index contributed by atoms with van der Waals surface area (Å²) in [5, 5.41) is 6.51. The van der Waals surface area contributed by atoms with Crippen molar-refractivity contribution < 1.29 is 9.59 Å². The predicted octanol–water partition coefficient (Wildman–Crippen LogP) is 4.14. The minimum absolute atomic E-state index is 0.0963. The number of amides is 1. The number of rotatable bonds is 3. The average molecular weight is 372 g/mol. The van der Waals surface area contributed by atoms with Gasteiger partial charge in [-0.3, -0.25) is 9.59 Å². The van der Waals surface area contributed by atoms with Crippen LogP contribution in [0.25, 0.3) is 0 Å². The quantitative estimate of drug-likeness (QED) is 0.851. The van der Waals surface area contributed by atoms with Gasteiger partial charge in [-0.2, -0.15) is 0 Å². The molecule has 2 N–H and O–H groups in total. The van der Waals surface area contributed by atoms with Crippen molar-refractivity contribution in [1.82, 2.24) is 5.32 Å². The van der Waals surface area contributed by atoms with E-state index in [-0.39, 0.29) is 23.7 Å². The van der Waals surface area contributed by atoms with Gasteiger partial charge in [-0.25, -0.2) is 0 Å². The largest absolute Gasteiger partial charge is 0.377 e. The van der Waals surface area contributed by atoms with Crippen molar-refractivity contribution in [3.05, 3.63) is 89.0 Å². The Kier molecular flexibility index (Phi) is 4.42. The van der Waals surface area contributed by atoms with Crippen LogP contribution in [-0.2, 0) is 10.3 Å². The van der Waals surface area contributed by atoms with Crippen molar-refractivity contribution >= 4 is 17.4 Å². The monoisotopic (exact) mass is 372 g/mol. The summed E-state index contributed by atoms with van der Waals surface area (Å²) in [6.45, 7) is 5.95. The minimum Gasteiger partial charge on any atom is -0.377 e. The van der Waals surface area contributed by atoms with Crippen LogP contribution >= 0.6 is 0 Å². The highest BCUT2D eigenvalue weighted by atomic mass is 16.2. The molecule has 1 heterocycles. The molecule has 1 aliphatic carbocycles. The van der Waals surface area contributed by atoms with E-state index in [2.05, 4.69) is 10.6 Å². The van der Waals surface area contributed by atoms with Crippen LogP contribution in [0.5, 0.6) is 0 Å². The highest BCUT2D eigenvalue weighted by Gasteiger charge is 2.35. The van der Waals surface area contributed by atoms with Crippen molar-refractivity contribution in [3.63, 3.8) is 0 Å². The lowest BCUT2D eigenvalue weighted by Gasteiger charge is -2.33. The molecule has 0 spiro atoms. The van der Waals surface area contributed by atoms with Gasteiger partial charge in [0.05, 0.1) is 17.5 Å². The van der Waals surface area contributed by atoms with Crippen LogP contribution in [-0.4, -0.2) is 17.7 Å². The first kappa shape index (κ1) is 18.2. The second-order valence-electron chi connectivity index (χ2n) is 8.04. The molecular formula is C24H24N2O2. The number of aryl methyl sites for hydroxylation is 1. The van der Waals surface area contributed by atoms with Crippen molar-refractivity contribution in [3.8, 4) is 0 Å². The minimum atomic E-state index is -0.496. The Morgan fingerprint density at radius 3 is 2.61 bits per heavy atom. The first-order valence-corrected chi connectivity index (χ1v) is 9.54. The summed E-state index contributed by atoms with van der Waals surface area (Å²) in [6.07, 6.45) is 5.47. The third-order valence-corrected chi connectivity index (χ3v) is 5.48. The summed E-state index contributed by atoms with van der Waals surface area (Å²) < 4.78 is 0. The molecule has 4 rings (SSSR count). The van der Waals surface area contributed by atoms with Crippen molar-refractivity contribution in [2.24, 2.45) is 5.92 Å². The molecule has 1 amide bonds. The highest BCUT2D eigenvalue weighted by Crippen LogP contribution is 2.33. The normalized spacial score (nSPS) is 20.5. The third kappa shape index (κ3) is 3.26. The number of nitrogens with one attached hydrogen (secondary N) is 2. The number of ketones is 1. The van der Waals surface area contributed by atoms with Crippen LogP contribution in [0.3, 0.4) is 0 Å². The maximum atomic E-state index is 12.9. The van der Waals surface area contributed by atoms with Gasteiger partial charge in [-0.05, 0) is 44.5 Å². The molecule has 4 heteroatoms. The Bertz CT molecular complexity index is 1000. The van der Waals surface area contributed by atoms with E-state index in [1.165, 1.54) is 0 Å². The van der Waals surface area contributed by atoms with Gasteiger partial charge in [-0.15, -0.1) is 0 Å². The summed E-state index contributed by atoms with van der Waals surface area (Å²) in [4.78, 5) is 25.8. The standard InChI is InChI=1S/C24H24N2O2/c1-15-9-12-20-19(13-15)22(27)18-11-10-16(14-21(18)25-20)23(28)26-24(2,3)17-7-5-4-6-8-17/h4-14,18,21,25H,1-3H3,(H,26,28). The lowest BCUT2D eigenvalue weighted by Crippen LogP contribution is -2.43. The molecule has 2 unspecified atom stereocenters. The smallest absolute Gasteiger partial charge is 0.251 e. The van der Waals surface area contributed by atoms with Gasteiger partial charge >= 0.3 is 0 Å². The Morgan fingerprint density at radius 1 is 1.11 bits per heavy atom. The number of benzene rings is 2. The fourth-order valence-corrected chi connectivity index (χ4v) is 3.84. The van der Waals surface area contributed by atoms with Crippen molar-refractivity contribution in [1.29, 1.82) is 0 Å². The predicted molar refractivity (Wildman–Crippen MR) is 111 cm³/mol. The highest BCUT2D eigenvalue weighted by molar-refractivity contribution is 6.07. The van der Waals surface area contributed by atoms with E-state index in [4.69, 9.17) is 0 Å². The Hall–Kier alpha value is -3.14. The van der Waals surface area contributed by atoms with Crippen molar-refractivity contribution in [2.45, 2.75) is 32.4 Å². The summed E-state index contributed by atoms with van der Waals surface area (Å²) in [7, 11) is 0. The first-order valence-electron chi connectivity index (χ1n) is 9.54. The summed E-state index contributed by atoms with van der Waals surface area (Å²) >= 11 is 0. The van der Waals surface area contributed by atoms with Gasteiger partial charge in [0.15, 0.2) is 5.78 Å². The van der Waals surface area contributed by atoms with E-state index in [1.54, 1.807) is 6.08 Å². The Morgan fingerprint density at radius 2 is 1.86 bits per heavy atom. The molecule has 0 aromatic heterocycles. The zero-order valence-electron chi connectivity index (χ0n) is 16.3. The fourth-order valence-electron chi connectivity index (χ4n) is 3.84. The average Bonchev–Trinajstić information content (AvgIpc) is 2.69. The number of hydrogen-bond donors (Lipinski definition) is 2. The van der Waals surface area contributed by atoms with E-state index in [0.717, 1.165) is 22.4 Å². The number of anilines is 1. The van der Waals surface area contributed by atoms with Crippen LogP contribution in [0.1, 0.15) is 35.3 Å². The maximum absolute atomic E-state index is 12.9. The summed E-state index contributed by atoms with van der Waals surface area (Å²) in [5.74, 6) is -0.334. The van der Waals surface area contributed by atoms with Crippen molar-refractivity contribution in [2.75, 3.05) is 5.32 Å². The van der Waals surface area contributed by atoms with Gasteiger partial charge in [-0.1, -0.05) is 54.1 Å². The van der Waals surface area contributed by atoms with Crippen LogP contribution in [0, 0.1) is 12.8 Å². The van der Waals surface area contributed by atoms with Crippen LogP contribution < -0.4 is 10.6 Å². The zero-order valence-corrected chi connectivity index (χ0v) is 16.3. The molecule has 0 radical (unpaired) electrons. The Balaban J connectivity index is 1.56. The van der Waals surface area contributed by atoms with Crippen LogP contribution in [0.2, 0.25) is 0 Å². The van der Waals surface area contributed by atoms with Gasteiger partial charge in [0, 0.05) is 16.8 Å². The number of carbonyl (C=O) groups is 2. The lowest BCUT2D eigenvalue weighted by molar-refractivity contribution is -0.118. The number of carbonyl (C=O) groups excluding carboxylic acids is 2. The topological polar surface area (TPSA) is 58.2 Å². The molecule has 2 aromatic carbocycles. The van der Waals surface area contributed by atoms with Gasteiger partial charge in [0.2, 0.25) is 0 Å². The van der Waals surface area contributed by atoms with Gasteiger partial charge in [0.1, 0.15) is 0 Å². The third-order valence-electron chi connectivity index (χ3n) is 5.48. The molecule has 0 fully saturated rings. The molecule has 4 nitrogen and oxygen atoms in total. The van der Waals surface area contributed by atoms with Crippen LogP contribution in [0.15, 0.2) is 72.3 Å². The molecule has 2 atom stereocenters. The van der Waals surface area contributed by atoms with Gasteiger partial charge < -0.3 is 10.6 Å². The van der Waals surface area contributed by atoms with E-state index < -0.39 is 5.54 Å². The molecule has 1 aliphatic heterocycles. The Labute approximate surface area is 165 Å². The summed E-state index contributed by atoms with van der Waals surface area (Å²) in [6, 6.07) is 15.5. The van der Waals surface area contributed by atoms with Crippen LogP contribution in [0.4, 0.5) is 5.69 Å². The number of hydrogen-bond acceptors (Lipinski definition) is 3. The second kappa shape index (κ2) is 6.79. The molecule has 0 saturated heterocycles. The van der Waals surface area contributed by atoms with E-state index in [1.807, 2.05) is 81.5 Å².